The molecule has 1 aliphatic rings. The minimum absolute atomic E-state index is 0.163. The fraction of sp³-hybridized carbons (Fsp3) is 0.318. The van der Waals surface area contributed by atoms with Crippen LogP contribution in [0.3, 0.4) is 0 Å². The van der Waals surface area contributed by atoms with Crippen molar-refractivity contribution >= 4 is 35.0 Å². The molecule has 2 aromatic carbocycles. The average Bonchev–Trinajstić information content (AvgIpc) is 2.64. The molecule has 0 atom stereocenters. The summed E-state index contributed by atoms with van der Waals surface area (Å²) >= 11 is 0. The molecule has 2 aromatic rings. The van der Waals surface area contributed by atoms with E-state index in [9.17, 15) is 14.4 Å². The van der Waals surface area contributed by atoms with Crippen LogP contribution in [0.25, 0.3) is 0 Å². The van der Waals surface area contributed by atoms with E-state index in [4.69, 9.17) is 9.47 Å². The number of amides is 3. The molecule has 0 unspecified atom stereocenters. The fourth-order valence-electron chi connectivity index (χ4n) is 2.86. The van der Waals surface area contributed by atoms with Crippen molar-refractivity contribution in [2.75, 3.05) is 28.7 Å². The summed E-state index contributed by atoms with van der Waals surface area (Å²) in [6.45, 7) is 6.90. The van der Waals surface area contributed by atoms with Gasteiger partial charge in [0.15, 0.2) is 6.61 Å². The predicted octanol–water partition coefficient (Wildman–Crippen LogP) is 3.71. The number of anilines is 3. The number of aryl methyl sites for hydroxylation is 1. The van der Waals surface area contributed by atoms with E-state index < -0.39 is 11.7 Å². The predicted molar refractivity (Wildman–Crippen MR) is 114 cm³/mol. The maximum absolute atomic E-state index is 12.5. The molecule has 0 spiro atoms. The van der Waals surface area contributed by atoms with Crippen molar-refractivity contribution in [2.45, 2.75) is 33.3 Å². The van der Waals surface area contributed by atoms with Gasteiger partial charge in [-0.25, -0.2) is 4.79 Å². The van der Waals surface area contributed by atoms with Crippen LogP contribution in [0.4, 0.5) is 21.9 Å². The van der Waals surface area contributed by atoms with Crippen LogP contribution >= 0.6 is 0 Å². The summed E-state index contributed by atoms with van der Waals surface area (Å²) in [7, 11) is 0. The monoisotopic (exact) mass is 411 g/mol. The summed E-state index contributed by atoms with van der Waals surface area (Å²) in [4.78, 5) is 38.3. The van der Waals surface area contributed by atoms with Crippen molar-refractivity contribution in [3.05, 3.63) is 48.0 Å². The number of hydrogen-bond acceptors (Lipinski definition) is 5. The second-order valence-electron chi connectivity index (χ2n) is 7.99. The highest BCUT2D eigenvalue weighted by atomic mass is 16.6. The quantitative estimate of drug-likeness (QED) is 0.800. The van der Waals surface area contributed by atoms with Gasteiger partial charge in [0, 0.05) is 11.4 Å². The van der Waals surface area contributed by atoms with Gasteiger partial charge in [0.1, 0.15) is 17.9 Å². The zero-order chi connectivity index (χ0) is 21.9. The number of fused-ring (bicyclic) bond motifs is 1. The molecule has 0 saturated heterocycles. The standard InChI is InChI=1S/C22H25N3O5/c1-14-5-7-15(8-6-14)23-19(26)12-25-17-11-16(24-21(28)30-22(2,3)4)9-10-18(17)29-13-20(25)27/h5-11H,12-13H2,1-4H3,(H,23,26)(H,24,28). The van der Waals surface area contributed by atoms with E-state index in [1.807, 2.05) is 19.1 Å². The Morgan fingerprint density at radius 3 is 2.40 bits per heavy atom. The molecule has 0 radical (unpaired) electrons. The minimum atomic E-state index is -0.641. The number of benzene rings is 2. The number of carbonyl (C=O) groups is 3. The molecule has 0 bridgehead atoms. The molecule has 0 saturated carbocycles. The summed E-state index contributed by atoms with van der Waals surface area (Å²) in [5, 5.41) is 5.40. The average molecular weight is 411 g/mol. The topological polar surface area (TPSA) is 97.0 Å². The Morgan fingerprint density at radius 2 is 1.73 bits per heavy atom. The smallest absolute Gasteiger partial charge is 0.412 e. The molecule has 0 fully saturated rings. The molecule has 3 rings (SSSR count). The second kappa shape index (κ2) is 8.44. The lowest BCUT2D eigenvalue weighted by Crippen LogP contribution is -2.43. The van der Waals surface area contributed by atoms with E-state index >= 15 is 0 Å². The van der Waals surface area contributed by atoms with Crippen molar-refractivity contribution < 1.29 is 23.9 Å². The van der Waals surface area contributed by atoms with Crippen LogP contribution in [-0.2, 0) is 14.3 Å². The Kier molecular flexibility index (Phi) is 5.96. The SMILES string of the molecule is Cc1ccc(NC(=O)CN2C(=O)COc3ccc(NC(=O)OC(C)(C)C)cc32)cc1. The molecule has 158 valence electrons. The lowest BCUT2D eigenvalue weighted by atomic mass is 10.2. The maximum atomic E-state index is 12.5. The van der Waals surface area contributed by atoms with Gasteiger partial charge < -0.3 is 14.8 Å². The Bertz CT molecular complexity index is 964. The highest BCUT2D eigenvalue weighted by Gasteiger charge is 2.28. The third-order valence-electron chi connectivity index (χ3n) is 4.18. The third kappa shape index (κ3) is 5.50. The molecule has 0 aromatic heterocycles. The molecule has 1 aliphatic heterocycles. The summed E-state index contributed by atoms with van der Waals surface area (Å²) in [6.07, 6.45) is -0.617. The van der Waals surface area contributed by atoms with Gasteiger partial charge in [0.25, 0.3) is 5.91 Å². The molecule has 2 N–H and O–H groups in total. The first-order chi connectivity index (χ1) is 14.1. The number of hydrogen-bond donors (Lipinski definition) is 2. The van der Waals surface area contributed by atoms with Crippen LogP contribution in [0.15, 0.2) is 42.5 Å². The first-order valence-electron chi connectivity index (χ1n) is 9.54. The summed E-state index contributed by atoms with van der Waals surface area (Å²) in [6, 6.07) is 12.2. The van der Waals surface area contributed by atoms with Gasteiger partial charge in [-0.05, 0) is 58.0 Å². The molecule has 1 heterocycles. The van der Waals surface area contributed by atoms with Crippen molar-refractivity contribution in [3.63, 3.8) is 0 Å². The summed E-state index contributed by atoms with van der Waals surface area (Å²) in [5.74, 6) is -0.242. The maximum Gasteiger partial charge on any atom is 0.412 e. The van der Waals surface area contributed by atoms with Gasteiger partial charge in [-0.1, -0.05) is 17.7 Å². The lowest BCUT2D eigenvalue weighted by Gasteiger charge is -2.29. The molecular weight excluding hydrogens is 386 g/mol. The number of rotatable bonds is 4. The molecular formula is C22H25N3O5. The first kappa shape index (κ1) is 21.2. The Balaban J connectivity index is 1.75. The van der Waals surface area contributed by atoms with E-state index in [1.165, 1.54) is 4.90 Å². The zero-order valence-corrected chi connectivity index (χ0v) is 17.4. The van der Waals surface area contributed by atoms with Crippen LogP contribution in [-0.4, -0.2) is 36.7 Å². The molecule has 8 heteroatoms. The highest BCUT2D eigenvalue weighted by molar-refractivity contribution is 6.05. The van der Waals surface area contributed by atoms with Gasteiger partial charge >= 0.3 is 6.09 Å². The molecule has 8 nitrogen and oxygen atoms in total. The van der Waals surface area contributed by atoms with Crippen molar-refractivity contribution in [2.24, 2.45) is 0 Å². The van der Waals surface area contributed by atoms with E-state index in [-0.39, 0.29) is 25.0 Å². The van der Waals surface area contributed by atoms with Crippen molar-refractivity contribution in [3.8, 4) is 5.75 Å². The number of ether oxygens (including phenoxy) is 2. The molecule has 0 aliphatic carbocycles. The summed E-state index contributed by atoms with van der Waals surface area (Å²) in [5.41, 5.74) is 1.91. The number of nitrogens with one attached hydrogen (secondary N) is 2. The zero-order valence-electron chi connectivity index (χ0n) is 17.4. The van der Waals surface area contributed by atoms with E-state index in [0.717, 1.165) is 5.56 Å². The van der Waals surface area contributed by atoms with Gasteiger partial charge in [-0.3, -0.25) is 19.8 Å². The summed E-state index contributed by atoms with van der Waals surface area (Å²) < 4.78 is 10.7. The number of carbonyl (C=O) groups excluding carboxylic acids is 3. The lowest BCUT2D eigenvalue weighted by molar-refractivity contribution is -0.123. The van der Waals surface area contributed by atoms with Crippen LogP contribution in [0.2, 0.25) is 0 Å². The van der Waals surface area contributed by atoms with Gasteiger partial charge in [-0.2, -0.15) is 0 Å². The molecule has 3 amide bonds. The highest BCUT2D eigenvalue weighted by Crippen LogP contribution is 2.34. The Labute approximate surface area is 175 Å². The normalized spacial score (nSPS) is 13.2. The van der Waals surface area contributed by atoms with Crippen molar-refractivity contribution in [1.82, 2.24) is 0 Å². The number of nitrogens with zero attached hydrogens (tertiary/aromatic N) is 1. The fourth-order valence-corrected chi connectivity index (χ4v) is 2.86. The Hall–Kier alpha value is -3.55. The van der Waals surface area contributed by atoms with Crippen molar-refractivity contribution in [1.29, 1.82) is 0 Å². The van der Waals surface area contributed by atoms with Gasteiger partial charge in [0.2, 0.25) is 5.91 Å². The third-order valence-corrected chi connectivity index (χ3v) is 4.18. The van der Waals surface area contributed by atoms with Gasteiger partial charge in [-0.15, -0.1) is 0 Å². The first-order valence-corrected chi connectivity index (χ1v) is 9.54. The Morgan fingerprint density at radius 1 is 1.07 bits per heavy atom. The van der Waals surface area contributed by atoms with Crippen LogP contribution in [0, 0.1) is 6.92 Å². The molecule has 30 heavy (non-hydrogen) atoms. The second-order valence-corrected chi connectivity index (χ2v) is 7.99. The van der Waals surface area contributed by atoms with E-state index in [2.05, 4.69) is 10.6 Å². The van der Waals surface area contributed by atoms with E-state index in [0.29, 0.717) is 22.8 Å². The minimum Gasteiger partial charge on any atom is -0.482 e. The van der Waals surface area contributed by atoms with Crippen LogP contribution < -0.4 is 20.3 Å². The van der Waals surface area contributed by atoms with Crippen LogP contribution in [0.1, 0.15) is 26.3 Å². The van der Waals surface area contributed by atoms with Crippen LogP contribution in [0.5, 0.6) is 5.75 Å². The largest absolute Gasteiger partial charge is 0.482 e. The van der Waals surface area contributed by atoms with Gasteiger partial charge in [0.05, 0.1) is 5.69 Å². The van der Waals surface area contributed by atoms with E-state index in [1.54, 1.807) is 51.1 Å².